The Morgan fingerprint density at radius 2 is 2.33 bits per heavy atom. The first-order valence-corrected chi connectivity index (χ1v) is 5.95. The summed E-state index contributed by atoms with van der Waals surface area (Å²) in [5.41, 5.74) is 0.418. The Balaban J connectivity index is 2.08. The van der Waals surface area contributed by atoms with Gasteiger partial charge in [0.15, 0.2) is 5.72 Å². The Bertz CT molecular complexity index is 517. The fourth-order valence-electron chi connectivity index (χ4n) is 2.58. The minimum Gasteiger partial charge on any atom is -0.497 e. The van der Waals surface area contributed by atoms with Crippen LogP contribution in [-0.2, 0) is 0 Å². The van der Waals surface area contributed by atoms with E-state index < -0.39 is 5.72 Å². The lowest BCUT2D eigenvalue weighted by Crippen LogP contribution is -2.63. The molecule has 0 aromatic heterocycles. The van der Waals surface area contributed by atoms with E-state index in [-0.39, 0.29) is 12.1 Å². The molecule has 0 radical (unpaired) electrons. The van der Waals surface area contributed by atoms with E-state index in [4.69, 9.17) is 9.47 Å². The number of carbonyl (C=O) groups excluding carboxylic acids is 1. The molecule has 2 aliphatic heterocycles. The molecule has 2 amide bonds. The van der Waals surface area contributed by atoms with Crippen molar-refractivity contribution in [3.8, 4) is 11.5 Å². The standard InChI is InChI=1S/C13H16N2O3/c1-13-7-10(14-12(16)15(13)2)9-5-4-8(17-3)6-11(9)18-13/h4-6,10H,7H2,1-3H3,(H,14,16). The molecular formula is C13H16N2O3. The molecule has 2 heterocycles. The maximum atomic E-state index is 11.9. The molecule has 1 saturated heterocycles. The molecule has 3 rings (SSSR count). The second-order valence-electron chi connectivity index (χ2n) is 4.95. The molecule has 0 spiro atoms. The molecule has 0 aliphatic carbocycles. The van der Waals surface area contributed by atoms with Crippen LogP contribution >= 0.6 is 0 Å². The Hall–Kier alpha value is -1.91. The molecule has 96 valence electrons. The van der Waals surface area contributed by atoms with Gasteiger partial charge < -0.3 is 14.8 Å². The summed E-state index contributed by atoms with van der Waals surface area (Å²) in [6.45, 7) is 1.93. The van der Waals surface area contributed by atoms with E-state index in [9.17, 15) is 4.79 Å². The second-order valence-corrected chi connectivity index (χ2v) is 4.95. The lowest BCUT2D eigenvalue weighted by Gasteiger charge is -2.49. The van der Waals surface area contributed by atoms with E-state index in [1.54, 1.807) is 19.1 Å². The predicted octanol–water partition coefficient (Wildman–Crippen LogP) is 1.89. The van der Waals surface area contributed by atoms with Crippen LogP contribution in [0.1, 0.15) is 24.9 Å². The van der Waals surface area contributed by atoms with E-state index in [0.29, 0.717) is 0 Å². The van der Waals surface area contributed by atoms with Crippen LogP contribution in [0.15, 0.2) is 18.2 Å². The number of rotatable bonds is 1. The van der Waals surface area contributed by atoms with Crippen molar-refractivity contribution in [3.63, 3.8) is 0 Å². The maximum absolute atomic E-state index is 11.9. The first kappa shape index (κ1) is 11.2. The Labute approximate surface area is 106 Å². The van der Waals surface area contributed by atoms with Crippen molar-refractivity contribution in [2.24, 2.45) is 0 Å². The molecule has 2 bridgehead atoms. The van der Waals surface area contributed by atoms with Gasteiger partial charge in [-0.05, 0) is 19.1 Å². The fraction of sp³-hybridized carbons (Fsp3) is 0.462. The molecule has 5 heteroatoms. The fourth-order valence-corrected chi connectivity index (χ4v) is 2.58. The number of nitrogens with zero attached hydrogens (tertiary/aromatic N) is 1. The quantitative estimate of drug-likeness (QED) is 0.825. The van der Waals surface area contributed by atoms with Gasteiger partial charge in [-0.25, -0.2) is 4.79 Å². The second kappa shape index (κ2) is 3.54. The van der Waals surface area contributed by atoms with Gasteiger partial charge >= 0.3 is 6.03 Å². The van der Waals surface area contributed by atoms with Crippen LogP contribution in [0.25, 0.3) is 0 Å². The number of benzene rings is 1. The van der Waals surface area contributed by atoms with Crippen LogP contribution in [-0.4, -0.2) is 30.8 Å². The third-order valence-electron chi connectivity index (χ3n) is 3.82. The Morgan fingerprint density at radius 3 is 3.06 bits per heavy atom. The lowest BCUT2D eigenvalue weighted by molar-refractivity contribution is -0.0719. The molecule has 0 saturated carbocycles. The van der Waals surface area contributed by atoms with Crippen LogP contribution in [0.5, 0.6) is 11.5 Å². The summed E-state index contributed by atoms with van der Waals surface area (Å²) in [6, 6.07) is 5.60. The highest BCUT2D eigenvalue weighted by molar-refractivity contribution is 5.77. The monoisotopic (exact) mass is 248 g/mol. The number of methoxy groups -OCH3 is 1. The van der Waals surface area contributed by atoms with Crippen LogP contribution in [0.4, 0.5) is 4.79 Å². The van der Waals surface area contributed by atoms with E-state index in [1.807, 2.05) is 25.1 Å². The van der Waals surface area contributed by atoms with Gasteiger partial charge in [0.2, 0.25) is 0 Å². The minimum atomic E-state index is -0.591. The van der Waals surface area contributed by atoms with Crippen molar-refractivity contribution in [2.45, 2.75) is 25.1 Å². The van der Waals surface area contributed by atoms with Gasteiger partial charge in [0.1, 0.15) is 11.5 Å². The van der Waals surface area contributed by atoms with Crippen LogP contribution in [0.2, 0.25) is 0 Å². The maximum Gasteiger partial charge on any atom is 0.320 e. The number of ether oxygens (including phenoxy) is 2. The van der Waals surface area contributed by atoms with Crippen molar-refractivity contribution in [3.05, 3.63) is 23.8 Å². The van der Waals surface area contributed by atoms with Crippen LogP contribution in [0, 0.1) is 0 Å². The van der Waals surface area contributed by atoms with Gasteiger partial charge in [-0.2, -0.15) is 0 Å². The number of amides is 2. The van der Waals surface area contributed by atoms with Crippen LogP contribution in [0.3, 0.4) is 0 Å². The summed E-state index contributed by atoms with van der Waals surface area (Å²) in [5, 5.41) is 2.98. The summed E-state index contributed by atoms with van der Waals surface area (Å²) in [4.78, 5) is 13.5. The zero-order valence-electron chi connectivity index (χ0n) is 10.7. The predicted molar refractivity (Wildman–Crippen MR) is 65.7 cm³/mol. The van der Waals surface area contributed by atoms with E-state index in [1.165, 1.54) is 0 Å². The third-order valence-corrected chi connectivity index (χ3v) is 3.82. The number of hydrogen-bond acceptors (Lipinski definition) is 3. The van der Waals surface area contributed by atoms with Crippen molar-refractivity contribution in [1.29, 1.82) is 0 Å². The SMILES string of the molecule is COc1ccc2c(c1)OC1(C)CC2NC(=O)N1C. The molecule has 18 heavy (non-hydrogen) atoms. The third kappa shape index (κ3) is 1.43. The summed E-state index contributed by atoms with van der Waals surface area (Å²) < 4.78 is 11.2. The van der Waals surface area contributed by atoms with Gasteiger partial charge in [-0.1, -0.05) is 0 Å². The lowest BCUT2D eigenvalue weighted by atomic mass is 9.91. The Kier molecular flexibility index (Phi) is 2.20. The molecule has 1 N–H and O–H groups in total. The average Bonchev–Trinajstić information content (AvgIpc) is 2.35. The number of fused-ring (bicyclic) bond motifs is 4. The van der Waals surface area contributed by atoms with Crippen molar-refractivity contribution < 1.29 is 14.3 Å². The van der Waals surface area contributed by atoms with E-state index in [0.717, 1.165) is 23.5 Å². The Morgan fingerprint density at radius 1 is 1.56 bits per heavy atom. The number of carbonyl (C=O) groups is 1. The van der Waals surface area contributed by atoms with Gasteiger partial charge in [-0.15, -0.1) is 0 Å². The van der Waals surface area contributed by atoms with E-state index >= 15 is 0 Å². The van der Waals surface area contributed by atoms with Gasteiger partial charge in [0.25, 0.3) is 0 Å². The highest BCUT2D eigenvalue weighted by Gasteiger charge is 2.47. The molecule has 1 aromatic rings. The van der Waals surface area contributed by atoms with Gasteiger partial charge in [-0.3, -0.25) is 4.90 Å². The van der Waals surface area contributed by atoms with Crippen molar-refractivity contribution >= 4 is 6.03 Å². The molecule has 1 aromatic carbocycles. The molecule has 2 unspecified atom stereocenters. The zero-order chi connectivity index (χ0) is 12.9. The molecular weight excluding hydrogens is 232 g/mol. The molecule has 2 atom stereocenters. The smallest absolute Gasteiger partial charge is 0.320 e. The van der Waals surface area contributed by atoms with Crippen molar-refractivity contribution in [1.82, 2.24) is 10.2 Å². The topological polar surface area (TPSA) is 50.8 Å². The molecule has 1 fully saturated rings. The minimum absolute atomic E-state index is 0.00774. The van der Waals surface area contributed by atoms with Crippen LogP contribution < -0.4 is 14.8 Å². The summed E-state index contributed by atoms with van der Waals surface area (Å²) in [7, 11) is 3.37. The largest absolute Gasteiger partial charge is 0.497 e. The summed E-state index contributed by atoms with van der Waals surface area (Å²) in [5.74, 6) is 1.53. The molecule has 5 nitrogen and oxygen atoms in total. The van der Waals surface area contributed by atoms with Crippen molar-refractivity contribution in [2.75, 3.05) is 14.2 Å². The molecule has 2 aliphatic rings. The van der Waals surface area contributed by atoms with E-state index in [2.05, 4.69) is 5.32 Å². The highest BCUT2D eigenvalue weighted by Crippen LogP contribution is 2.44. The average molecular weight is 248 g/mol. The summed E-state index contributed by atoms with van der Waals surface area (Å²) in [6.07, 6.45) is 0.745. The van der Waals surface area contributed by atoms with Gasteiger partial charge in [0.05, 0.1) is 13.2 Å². The summed E-state index contributed by atoms with van der Waals surface area (Å²) >= 11 is 0. The number of nitrogens with one attached hydrogen (secondary N) is 1. The first-order chi connectivity index (χ1) is 8.53. The first-order valence-electron chi connectivity index (χ1n) is 5.95. The highest BCUT2D eigenvalue weighted by atomic mass is 16.5. The zero-order valence-corrected chi connectivity index (χ0v) is 10.7. The van der Waals surface area contributed by atoms with Gasteiger partial charge in [0, 0.05) is 25.1 Å². The number of hydrogen-bond donors (Lipinski definition) is 1. The number of urea groups is 1. The normalized spacial score (nSPS) is 29.2.